The Balaban J connectivity index is 1.94. The van der Waals surface area contributed by atoms with E-state index in [1.807, 2.05) is 6.07 Å². The van der Waals surface area contributed by atoms with E-state index in [4.69, 9.17) is 10.5 Å². The number of piperazine rings is 1. The fourth-order valence-electron chi connectivity index (χ4n) is 2.55. The maximum absolute atomic E-state index is 5.85. The van der Waals surface area contributed by atoms with Crippen LogP contribution >= 0.6 is 0 Å². The van der Waals surface area contributed by atoms with Crippen LogP contribution in [0.5, 0.6) is 5.75 Å². The molecule has 0 aliphatic carbocycles. The highest BCUT2D eigenvalue weighted by Crippen LogP contribution is 2.21. The van der Waals surface area contributed by atoms with E-state index in [-0.39, 0.29) is 0 Å². The van der Waals surface area contributed by atoms with Crippen LogP contribution in [0.2, 0.25) is 0 Å². The van der Waals surface area contributed by atoms with E-state index in [9.17, 15) is 0 Å². The Hall–Kier alpha value is -1.10. The van der Waals surface area contributed by atoms with Gasteiger partial charge in [-0.3, -0.25) is 4.90 Å². The highest BCUT2D eigenvalue weighted by Gasteiger charge is 2.21. The summed E-state index contributed by atoms with van der Waals surface area (Å²) in [5, 5.41) is 0. The molecule has 0 radical (unpaired) electrons. The molecule has 112 valence electrons. The van der Waals surface area contributed by atoms with Crippen molar-refractivity contribution in [1.29, 1.82) is 0 Å². The number of benzene rings is 1. The highest BCUT2D eigenvalue weighted by atomic mass is 16.5. The van der Waals surface area contributed by atoms with Gasteiger partial charge in [0.2, 0.25) is 0 Å². The Bertz CT molecular complexity index is 410. The van der Waals surface area contributed by atoms with E-state index in [0.29, 0.717) is 19.2 Å². The maximum atomic E-state index is 5.85. The number of nitrogens with zero attached hydrogens (tertiary/aromatic N) is 2. The van der Waals surface area contributed by atoms with Crippen molar-refractivity contribution in [1.82, 2.24) is 9.80 Å². The molecular weight excluding hydrogens is 250 g/mol. The number of nitrogens with two attached hydrogens (primary N) is 1. The molecule has 0 aromatic heterocycles. The van der Waals surface area contributed by atoms with Gasteiger partial charge in [-0.15, -0.1) is 0 Å². The van der Waals surface area contributed by atoms with Crippen LogP contribution in [0.15, 0.2) is 24.3 Å². The minimum absolute atomic E-state index is 0.620. The monoisotopic (exact) mass is 277 g/mol. The summed E-state index contributed by atoms with van der Waals surface area (Å²) >= 11 is 0. The van der Waals surface area contributed by atoms with Gasteiger partial charge in [-0.2, -0.15) is 0 Å². The highest BCUT2D eigenvalue weighted by molar-refractivity contribution is 5.33. The topological polar surface area (TPSA) is 41.7 Å². The standard InChI is InChI=1S/C16H27N3O/c1-14-12-19(10-9-18(14)2)13-15-6-3-4-7-16(15)20-11-5-8-17/h3-4,6-7,14H,5,8-13,17H2,1-2H3. The second kappa shape index (κ2) is 7.62. The van der Waals surface area contributed by atoms with Gasteiger partial charge in [-0.1, -0.05) is 18.2 Å². The van der Waals surface area contributed by atoms with Crippen LogP contribution in [0.25, 0.3) is 0 Å². The molecule has 20 heavy (non-hydrogen) atoms. The van der Waals surface area contributed by atoms with Gasteiger partial charge < -0.3 is 15.4 Å². The minimum Gasteiger partial charge on any atom is -0.493 e. The van der Waals surface area contributed by atoms with Crippen LogP contribution in [0.4, 0.5) is 0 Å². The van der Waals surface area contributed by atoms with Crippen molar-refractivity contribution in [2.24, 2.45) is 5.73 Å². The van der Waals surface area contributed by atoms with Crippen LogP contribution in [-0.2, 0) is 6.54 Å². The molecule has 0 spiro atoms. The fourth-order valence-corrected chi connectivity index (χ4v) is 2.55. The van der Waals surface area contributed by atoms with Gasteiger partial charge >= 0.3 is 0 Å². The number of hydrogen-bond donors (Lipinski definition) is 1. The first-order valence-corrected chi connectivity index (χ1v) is 7.54. The SMILES string of the molecule is CC1CN(Cc2ccccc2OCCCN)CCN1C. The van der Waals surface area contributed by atoms with Crippen molar-refractivity contribution in [3.8, 4) is 5.75 Å². The van der Waals surface area contributed by atoms with E-state index in [1.165, 1.54) is 5.56 Å². The summed E-state index contributed by atoms with van der Waals surface area (Å²) in [5.74, 6) is 1.01. The lowest BCUT2D eigenvalue weighted by atomic mass is 10.1. The van der Waals surface area contributed by atoms with Gasteiger partial charge in [0, 0.05) is 37.8 Å². The number of likely N-dealkylation sites (N-methyl/N-ethyl adjacent to an activating group) is 1. The predicted molar refractivity (Wildman–Crippen MR) is 83.0 cm³/mol. The Morgan fingerprint density at radius 2 is 2.10 bits per heavy atom. The van der Waals surface area contributed by atoms with Gasteiger partial charge in [0.25, 0.3) is 0 Å². The van der Waals surface area contributed by atoms with Crippen molar-refractivity contribution in [3.05, 3.63) is 29.8 Å². The molecule has 4 heteroatoms. The zero-order chi connectivity index (χ0) is 14.4. The summed E-state index contributed by atoms with van der Waals surface area (Å²) in [6.07, 6.45) is 0.903. The number of ether oxygens (including phenoxy) is 1. The maximum Gasteiger partial charge on any atom is 0.123 e. The van der Waals surface area contributed by atoms with E-state index in [2.05, 4.69) is 42.0 Å². The zero-order valence-corrected chi connectivity index (χ0v) is 12.7. The summed E-state index contributed by atoms with van der Waals surface area (Å²) in [4.78, 5) is 4.93. The summed E-state index contributed by atoms with van der Waals surface area (Å²) in [5.41, 5.74) is 6.79. The Morgan fingerprint density at radius 3 is 2.85 bits per heavy atom. The molecule has 2 N–H and O–H groups in total. The van der Waals surface area contributed by atoms with Gasteiger partial charge in [0.1, 0.15) is 5.75 Å². The lowest BCUT2D eigenvalue weighted by Crippen LogP contribution is -2.49. The van der Waals surface area contributed by atoms with Gasteiger partial charge in [-0.25, -0.2) is 0 Å². The summed E-state index contributed by atoms with van der Waals surface area (Å²) in [7, 11) is 2.20. The Labute approximate surface area is 122 Å². The number of rotatable bonds is 6. The third-order valence-corrected chi connectivity index (χ3v) is 4.02. The molecule has 1 unspecified atom stereocenters. The average Bonchev–Trinajstić information content (AvgIpc) is 2.45. The molecule has 0 bridgehead atoms. The normalized spacial score (nSPS) is 21.1. The summed E-state index contributed by atoms with van der Waals surface area (Å²) < 4.78 is 5.85. The van der Waals surface area contributed by atoms with E-state index < -0.39 is 0 Å². The fraction of sp³-hybridized carbons (Fsp3) is 0.625. The first-order chi connectivity index (χ1) is 9.70. The van der Waals surface area contributed by atoms with Crippen LogP contribution in [0.1, 0.15) is 18.9 Å². The molecule has 4 nitrogen and oxygen atoms in total. The number of hydrogen-bond acceptors (Lipinski definition) is 4. The average molecular weight is 277 g/mol. The smallest absolute Gasteiger partial charge is 0.123 e. The summed E-state index contributed by atoms with van der Waals surface area (Å²) in [6, 6.07) is 8.97. The first-order valence-electron chi connectivity index (χ1n) is 7.54. The van der Waals surface area contributed by atoms with Gasteiger partial charge in [0.15, 0.2) is 0 Å². The minimum atomic E-state index is 0.620. The van der Waals surface area contributed by atoms with E-state index in [1.54, 1.807) is 0 Å². The molecule has 0 saturated carbocycles. The number of para-hydroxylation sites is 1. The van der Waals surface area contributed by atoms with Crippen LogP contribution in [0.3, 0.4) is 0 Å². The molecule has 1 aromatic rings. The molecule has 1 fully saturated rings. The summed E-state index contributed by atoms with van der Waals surface area (Å²) in [6.45, 7) is 8.01. The molecule has 1 aromatic carbocycles. The predicted octanol–water partition coefficient (Wildman–Crippen LogP) is 1.55. The van der Waals surface area contributed by atoms with Gasteiger partial charge in [-0.05, 0) is 33.0 Å². The molecular formula is C16H27N3O. The molecule has 1 saturated heterocycles. The van der Waals surface area contributed by atoms with Crippen molar-refractivity contribution >= 4 is 0 Å². The van der Waals surface area contributed by atoms with Crippen molar-refractivity contribution in [2.75, 3.05) is 39.8 Å². The third kappa shape index (κ3) is 4.20. The molecule has 1 aliphatic heterocycles. The largest absolute Gasteiger partial charge is 0.493 e. The molecule has 0 amide bonds. The zero-order valence-electron chi connectivity index (χ0n) is 12.7. The third-order valence-electron chi connectivity index (χ3n) is 4.02. The van der Waals surface area contributed by atoms with Crippen molar-refractivity contribution in [3.63, 3.8) is 0 Å². The lowest BCUT2D eigenvalue weighted by molar-refractivity contribution is 0.0991. The van der Waals surface area contributed by atoms with E-state index in [0.717, 1.165) is 38.3 Å². The molecule has 1 atom stereocenters. The second-order valence-corrected chi connectivity index (χ2v) is 5.66. The van der Waals surface area contributed by atoms with Crippen LogP contribution in [0, 0.1) is 0 Å². The Kier molecular flexibility index (Phi) is 5.83. The van der Waals surface area contributed by atoms with Crippen molar-refractivity contribution in [2.45, 2.75) is 25.9 Å². The molecule has 1 aliphatic rings. The first kappa shape index (κ1) is 15.3. The quantitative estimate of drug-likeness (QED) is 0.801. The molecule has 2 rings (SSSR count). The van der Waals surface area contributed by atoms with Gasteiger partial charge in [0.05, 0.1) is 6.61 Å². The Morgan fingerprint density at radius 1 is 1.30 bits per heavy atom. The van der Waals surface area contributed by atoms with Crippen molar-refractivity contribution < 1.29 is 4.74 Å². The van der Waals surface area contributed by atoms with Crippen LogP contribution < -0.4 is 10.5 Å². The molecule has 1 heterocycles. The van der Waals surface area contributed by atoms with E-state index >= 15 is 0 Å². The lowest BCUT2D eigenvalue weighted by Gasteiger charge is -2.37. The van der Waals surface area contributed by atoms with Crippen LogP contribution in [-0.4, -0.2) is 55.7 Å². The second-order valence-electron chi connectivity index (χ2n) is 5.66.